The molecule has 0 radical (unpaired) electrons. The molecule has 38 heavy (non-hydrogen) atoms. The minimum absolute atomic E-state index is 0.299. The minimum atomic E-state index is -1.85. The lowest BCUT2D eigenvalue weighted by atomic mass is 9.41. The summed E-state index contributed by atoms with van der Waals surface area (Å²) in [4.78, 5) is 4.28. The van der Waals surface area contributed by atoms with Crippen LogP contribution in [0.1, 0.15) is 19.3 Å². The highest BCUT2D eigenvalue weighted by Gasteiger charge is 2.47. The molecule has 1 heterocycles. The molecule has 0 N–H and O–H groups in total. The monoisotopic (exact) mass is 510 g/mol. The van der Waals surface area contributed by atoms with Gasteiger partial charge in [0.25, 0.3) is 0 Å². The fraction of sp³-hybridized carbons (Fsp3) is 0.147. The number of nitrogens with zero attached hydrogens (tertiary/aromatic N) is 2. The molecule has 0 aliphatic heterocycles. The van der Waals surface area contributed by atoms with E-state index in [1.165, 1.54) is 30.2 Å². The SMILES string of the molecule is C=CB(c1ccccc1)c1ccccc1.c1ccc([Si](Cn2ccnc2)(c2ccccc2)C2CCC2)cc1. The van der Waals surface area contributed by atoms with Crippen molar-refractivity contribution in [1.29, 1.82) is 0 Å². The Morgan fingerprint density at radius 3 is 1.58 bits per heavy atom. The minimum Gasteiger partial charge on any atom is -0.340 e. The number of rotatable bonds is 8. The van der Waals surface area contributed by atoms with Crippen LogP contribution in [0.2, 0.25) is 5.54 Å². The lowest BCUT2D eigenvalue weighted by Gasteiger charge is -2.45. The molecule has 1 aromatic heterocycles. The smallest absolute Gasteiger partial charge is 0.233 e. The number of hydrogen-bond donors (Lipinski definition) is 0. The second kappa shape index (κ2) is 12.6. The lowest BCUT2D eigenvalue weighted by molar-refractivity contribution is 0.485. The second-order valence-electron chi connectivity index (χ2n) is 10.1. The average molecular weight is 511 g/mol. The Labute approximate surface area is 228 Å². The van der Waals surface area contributed by atoms with Gasteiger partial charge in [0.1, 0.15) is 8.07 Å². The Morgan fingerprint density at radius 2 is 1.21 bits per heavy atom. The van der Waals surface area contributed by atoms with Crippen LogP contribution in [0, 0.1) is 0 Å². The van der Waals surface area contributed by atoms with Crippen LogP contribution in [0.5, 0.6) is 0 Å². The van der Waals surface area contributed by atoms with Crippen molar-refractivity contribution in [3.63, 3.8) is 0 Å². The number of benzene rings is 4. The standard InChI is InChI=1S/C20H22N2Si.C14H13B/c1-3-8-18(9-4-1)23(20-12-7-13-20,17-22-15-14-21-16-22)19-10-5-2-6-11-19;1-2-15(13-9-5-3-6-10-13)14-11-7-4-8-12-14/h1-6,8-11,14-16,20H,7,12-13,17H2;2-12H,1H2. The van der Waals surface area contributed by atoms with E-state index < -0.39 is 8.07 Å². The van der Waals surface area contributed by atoms with Crippen molar-refractivity contribution >= 4 is 36.1 Å². The van der Waals surface area contributed by atoms with Gasteiger partial charge in [-0.2, -0.15) is 0 Å². The summed E-state index contributed by atoms with van der Waals surface area (Å²) >= 11 is 0. The van der Waals surface area contributed by atoms with Crippen molar-refractivity contribution in [2.24, 2.45) is 0 Å². The van der Waals surface area contributed by atoms with Gasteiger partial charge >= 0.3 is 0 Å². The molecule has 2 nitrogen and oxygen atoms in total. The molecule has 0 bridgehead atoms. The van der Waals surface area contributed by atoms with E-state index in [0.717, 1.165) is 11.7 Å². The first-order valence-corrected chi connectivity index (χ1v) is 15.9. The highest BCUT2D eigenvalue weighted by molar-refractivity contribution is 7.02. The summed E-state index contributed by atoms with van der Waals surface area (Å²) in [5, 5.41) is 3.12. The van der Waals surface area contributed by atoms with Gasteiger partial charge in [-0.1, -0.05) is 162 Å². The molecule has 0 saturated heterocycles. The Balaban J connectivity index is 0.000000170. The van der Waals surface area contributed by atoms with Crippen LogP contribution in [-0.4, -0.2) is 24.3 Å². The zero-order valence-electron chi connectivity index (χ0n) is 21.9. The van der Waals surface area contributed by atoms with Crippen molar-refractivity contribution in [3.8, 4) is 0 Å². The second-order valence-corrected chi connectivity index (χ2v) is 14.3. The van der Waals surface area contributed by atoms with Crippen molar-refractivity contribution in [3.05, 3.63) is 153 Å². The van der Waals surface area contributed by atoms with Gasteiger partial charge in [0.2, 0.25) is 6.71 Å². The zero-order valence-corrected chi connectivity index (χ0v) is 22.9. The number of imidazole rings is 1. The van der Waals surface area contributed by atoms with E-state index in [9.17, 15) is 0 Å². The van der Waals surface area contributed by atoms with E-state index >= 15 is 0 Å². The highest BCUT2D eigenvalue weighted by atomic mass is 28.3. The van der Waals surface area contributed by atoms with E-state index in [2.05, 4.69) is 132 Å². The average Bonchev–Trinajstić information content (AvgIpc) is 3.48. The van der Waals surface area contributed by atoms with Gasteiger partial charge in [-0.15, -0.1) is 12.6 Å². The summed E-state index contributed by atoms with van der Waals surface area (Å²) in [7, 11) is -1.85. The molecular formula is C34H35BN2Si. The fourth-order valence-electron chi connectivity index (χ4n) is 5.78. The quantitative estimate of drug-likeness (QED) is 0.261. The van der Waals surface area contributed by atoms with Crippen LogP contribution in [-0.2, 0) is 6.17 Å². The van der Waals surface area contributed by atoms with Crippen molar-refractivity contribution < 1.29 is 0 Å². The highest BCUT2D eigenvalue weighted by Crippen LogP contribution is 2.41. The summed E-state index contributed by atoms with van der Waals surface area (Å²) in [5.41, 5.74) is 3.41. The van der Waals surface area contributed by atoms with Crippen LogP contribution < -0.4 is 21.3 Å². The number of aromatic nitrogens is 2. The Morgan fingerprint density at radius 1 is 0.737 bits per heavy atom. The topological polar surface area (TPSA) is 17.8 Å². The summed E-state index contributed by atoms with van der Waals surface area (Å²) < 4.78 is 2.30. The van der Waals surface area contributed by atoms with E-state index in [4.69, 9.17) is 0 Å². The largest absolute Gasteiger partial charge is 0.340 e. The Hall–Kier alpha value is -3.89. The van der Waals surface area contributed by atoms with Gasteiger partial charge in [-0.3, -0.25) is 0 Å². The molecule has 1 saturated carbocycles. The van der Waals surface area contributed by atoms with E-state index in [0.29, 0.717) is 6.71 Å². The van der Waals surface area contributed by atoms with Gasteiger partial charge in [0.15, 0.2) is 0 Å². The predicted octanol–water partition coefficient (Wildman–Crippen LogP) is 5.26. The summed E-state index contributed by atoms with van der Waals surface area (Å²) in [6, 6.07) is 43.4. The van der Waals surface area contributed by atoms with Crippen molar-refractivity contribution in [1.82, 2.24) is 9.55 Å². The molecule has 1 aliphatic carbocycles. The Bertz CT molecular complexity index is 1290. The maximum atomic E-state index is 4.28. The molecule has 0 spiro atoms. The molecule has 1 fully saturated rings. The van der Waals surface area contributed by atoms with Crippen molar-refractivity contribution in [2.45, 2.75) is 31.0 Å². The normalized spacial score (nSPS) is 13.1. The van der Waals surface area contributed by atoms with Crippen LogP contribution in [0.15, 0.2) is 153 Å². The number of hydrogen-bond acceptors (Lipinski definition) is 1. The molecule has 6 rings (SSSR count). The first-order chi connectivity index (χ1) is 18.8. The summed E-state index contributed by atoms with van der Waals surface area (Å²) in [6.07, 6.45) is 11.2. The molecule has 188 valence electrons. The summed E-state index contributed by atoms with van der Waals surface area (Å²) in [6.45, 7) is 4.21. The predicted molar refractivity (Wildman–Crippen MR) is 166 cm³/mol. The maximum absolute atomic E-state index is 4.28. The van der Waals surface area contributed by atoms with Gasteiger partial charge in [-0.05, 0) is 5.54 Å². The fourth-order valence-corrected chi connectivity index (χ4v) is 11.4. The molecule has 5 aromatic rings. The molecule has 0 atom stereocenters. The molecule has 4 heteroatoms. The van der Waals surface area contributed by atoms with Crippen LogP contribution >= 0.6 is 0 Å². The van der Waals surface area contributed by atoms with Gasteiger partial charge < -0.3 is 4.57 Å². The third-order valence-corrected chi connectivity index (χ3v) is 13.5. The van der Waals surface area contributed by atoms with Gasteiger partial charge in [0.05, 0.1) is 6.33 Å². The molecule has 0 unspecified atom stereocenters. The summed E-state index contributed by atoms with van der Waals surface area (Å²) in [5.74, 6) is 1.99. The first-order valence-electron chi connectivity index (χ1n) is 13.6. The molecular weight excluding hydrogens is 475 g/mol. The Kier molecular flexibility index (Phi) is 8.52. The van der Waals surface area contributed by atoms with Gasteiger partial charge in [0, 0.05) is 18.6 Å². The lowest BCUT2D eigenvalue weighted by Crippen LogP contribution is -2.65. The van der Waals surface area contributed by atoms with Crippen LogP contribution in [0.4, 0.5) is 0 Å². The van der Waals surface area contributed by atoms with E-state index in [-0.39, 0.29) is 0 Å². The van der Waals surface area contributed by atoms with Crippen LogP contribution in [0.3, 0.4) is 0 Å². The molecule has 1 aliphatic rings. The third kappa shape index (κ3) is 5.66. The first kappa shape index (κ1) is 25.7. The van der Waals surface area contributed by atoms with Crippen LogP contribution in [0.25, 0.3) is 0 Å². The van der Waals surface area contributed by atoms with Gasteiger partial charge in [-0.25, -0.2) is 4.98 Å². The molecule has 4 aromatic carbocycles. The van der Waals surface area contributed by atoms with E-state index in [1.54, 1.807) is 10.4 Å². The van der Waals surface area contributed by atoms with Crippen molar-refractivity contribution in [2.75, 3.05) is 0 Å². The van der Waals surface area contributed by atoms with E-state index in [1.807, 2.05) is 30.6 Å². The third-order valence-electron chi connectivity index (χ3n) is 7.92. The maximum Gasteiger partial charge on any atom is 0.233 e. The zero-order chi connectivity index (χ0) is 26.0. The molecule has 0 amide bonds.